The minimum atomic E-state index is -3.90. The average Bonchev–Trinajstić information content (AvgIpc) is 3.21. The highest BCUT2D eigenvalue weighted by molar-refractivity contribution is 7.92. The van der Waals surface area contributed by atoms with E-state index in [4.69, 9.17) is 11.6 Å². The van der Waals surface area contributed by atoms with E-state index in [9.17, 15) is 17.6 Å². The second-order valence-corrected chi connectivity index (χ2v) is 9.08. The maximum Gasteiger partial charge on any atom is 0.264 e. The van der Waals surface area contributed by atoms with Crippen LogP contribution < -0.4 is 9.62 Å². The van der Waals surface area contributed by atoms with E-state index in [0.29, 0.717) is 10.7 Å². The molecule has 8 heteroatoms. The van der Waals surface area contributed by atoms with Crippen LogP contribution in [0.2, 0.25) is 5.02 Å². The summed E-state index contributed by atoms with van der Waals surface area (Å²) in [7, 11) is -3.90. The Morgan fingerprint density at radius 3 is 2.29 bits per heavy atom. The Morgan fingerprint density at radius 2 is 1.68 bits per heavy atom. The average molecular weight is 425 g/mol. The highest BCUT2D eigenvalue weighted by atomic mass is 35.5. The third kappa shape index (κ3) is 4.83. The molecule has 0 radical (unpaired) electrons. The minimum Gasteiger partial charge on any atom is -0.354 e. The van der Waals surface area contributed by atoms with Crippen molar-refractivity contribution in [2.75, 3.05) is 17.4 Å². The molecular formula is C20H22ClFN2O3S. The first kappa shape index (κ1) is 20.6. The predicted octanol–water partition coefficient (Wildman–Crippen LogP) is 3.98. The number of amides is 1. The Hall–Kier alpha value is -2.12. The van der Waals surface area contributed by atoms with Crippen molar-refractivity contribution in [2.45, 2.75) is 30.6 Å². The molecule has 1 N–H and O–H groups in total. The van der Waals surface area contributed by atoms with E-state index in [-0.39, 0.29) is 29.8 Å². The Bertz CT molecular complexity index is 911. The summed E-state index contributed by atoms with van der Waals surface area (Å²) in [6, 6.07) is 11.1. The second kappa shape index (κ2) is 8.92. The standard InChI is InChI=1S/C20H22ClFN2O3S/c21-16-5-11-19(12-6-16)28(26,27)24(18-9-7-17(22)8-10-18)14-13-23-20(25)15-3-1-2-4-15/h5-12,15H,1-4,13-14H2,(H,23,25). The van der Waals surface area contributed by atoms with Crippen LogP contribution in [0, 0.1) is 11.7 Å². The largest absolute Gasteiger partial charge is 0.354 e. The van der Waals surface area contributed by atoms with Gasteiger partial charge < -0.3 is 5.32 Å². The molecule has 0 spiro atoms. The molecule has 0 aliphatic heterocycles. The number of hydrogen-bond donors (Lipinski definition) is 1. The van der Waals surface area contributed by atoms with Crippen LogP contribution in [0.3, 0.4) is 0 Å². The molecule has 1 saturated carbocycles. The van der Waals surface area contributed by atoms with E-state index >= 15 is 0 Å². The molecule has 1 aliphatic carbocycles. The number of halogens is 2. The van der Waals surface area contributed by atoms with Crippen LogP contribution in [0.15, 0.2) is 53.4 Å². The van der Waals surface area contributed by atoms with Gasteiger partial charge in [-0.05, 0) is 61.4 Å². The van der Waals surface area contributed by atoms with Gasteiger partial charge >= 0.3 is 0 Å². The molecule has 150 valence electrons. The van der Waals surface area contributed by atoms with E-state index in [1.54, 1.807) is 0 Å². The quantitative estimate of drug-likeness (QED) is 0.731. The van der Waals surface area contributed by atoms with Crippen LogP contribution in [0.4, 0.5) is 10.1 Å². The number of carbonyl (C=O) groups is 1. The van der Waals surface area contributed by atoms with Crippen LogP contribution >= 0.6 is 11.6 Å². The summed E-state index contributed by atoms with van der Waals surface area (Å²) in [5.74, 6) is -0.491. The molecule has 1 fully saturated rings. The van der Waals surface area contributed by atoms with Crippen molar-refractivity contribution < 1.29 is 17.6 Å². The zero-order valence-electron chi connectivity index (χ0n) is 15.3. The van der Waals surface area contributed by atoms with Crippen molar-refractivity contribution in [3.8, 4) is 0 Å². The highest BCUT2D eigenvalue weighted by Crippen LogP contribution is 2.26. The molecule has 0 bridgehead atoms. The first-order valence-electron chi connectivity index (χ1n) is 9.19. The van der Waals surface area contributed by atoms with Gasteiger partial charge in [0.1, 0.15) is 5.82 Å². The van der Waals surface area contributed by atoms with E-state index in [1.165, 1.54) is 52.8 Å². The van der Waals surface area contributed by atoms with Crippen LogP contribution in [0.1, 0.15) is 25.7 Å². The van der Waals surface area contributed by atoms with Gasteiger partial charge in [0, 0.05) is 17.5 Å². The maximum atomic E-state index is 13.3. The van der Waals surface area contributed by atoms with Crippen molar-refractivity contribution in [1.82, 2.24) is 5.32 Å². The molecular weight excluding hydrogens is 403 g/mol. The predicted molar refractivity (Wildman–Crippen MR) is 107 cm³/mol. The van der Waals surface area contributed by atoms with Crippen LogP contribution in [-0.4, -0.2) is 27.4 Å². The molecule has 0 unspecified atom stereocenters. The van der Waals surface area contributed by atoms with Gasteiger partial charge in [0.2, 0.25) is 5.91 Å². The van der Waals surface area contributed by atoms with Crippen LogP contribution in [0.25, 0.3) is 0 Å². The zero-order valence-corrected chi connectivity index (χ0v) is 16.8. The van der Waals surface area contributed by atoms with Crippen molar-refractivity contribution >= 4 is 33.2 Å². The smallest absolute Gasteiger partial charge is 0.264 e. The van der Waals surface area contributed by atoms with Gasteiger partial charge in [-0.2, -0.15) is 0 Å². The Balaban J connectivity index is 1.79. The normalized spacial score (nSPS) is 14.8. The summed E-state index contributed by atoms with van der Waals surface area (Å²) in [5.41, 5.74) is 0.325. The number of hydrogen-bond acceptors (Lipinski definition) is 3. The van der Waals surface area contributed by atoms with Crippen molar-refractivity contribution in [2.24, 2.45) is 5.92 Å². The lowest BCUT2D eigenvalue weighted by Crippen LogP contribution is -2.40. The summed E-state index contributed by atoms with van der Waals surface area (Å²) in [4.78, 5) is 12.3. The molecule has 0 aromatic heterocycles. The molecule has 3 rings (SSSR count). The molecule has 1 aliphatic rings. The highest BCUT2D eigenvalue weighted by Gasteiger charge is 2.26. The van der Waals surface area contributed by atoms with Gasteiger partial charge in [-0.25, -0.2) is 12.8 Å². The molecule has 28 heavy (non-hydrogen) atoms. The van der Waals surface area contributed by atoms with Crippen molar-refractivity contribution in [3.05, 3.63) is 59.4 Å². The monoisotopic (exact) mass is 424 g/mol. The fourth-order valence-electron chi connectivity index (χ4n) is 3.34. The van der Waals surface area contributed by atoms with Gasteiger partial charge in [0.05, 0.1) is 17.1 Å². The van der Waals surface area contributed by atoms with E-state index < -0.39 is 15.8 Å². The number of carbonyl (C=O) groups excluding carboxylic acids is 1. The molecule has 0 saturated heterocycles. The summed E-state index contributed by atoms with van der Waals surface area (Å²) in [6.45, 7) is 0.203. The first-order valence-corrected chi connectivity index (χ1v) is 11.0. The summed E-state index contributed by atoms with van der Waals surface area (Å²) < 4.78 is 40.8. The number of nitrogens with one attached hydrogen (secondary N) is 1. The molecule has 2 aromatic rings. The molecule has 5 nitrogen and oxygen atoms in total. The lowest BCUT2D eigenvalue weighted by Gasteiger charge is -2.25. The number of rotatable bonds is 7. The lowest BCUT2D eigenvalue weighted by molar-refractivity contribution is -0.124. The summed E-state index contributed by atoms with van der Waals surface area (Å²) in [5, 5.41) is 3.26. The van der Waals surface area contributed by atoms with Gasteiger partial charge in [-0.3, -0.25) is 9.10 Å². The van der Waals surface area contributed by atoms with Crippen molar-refractivity contribution in [1.29, 1.82) is 0 Å². The maximum absolute atomic E-state index is 13.3. The number of anilines is 1. The van der Waals surface area contributed by atoms with Gasteiger partial charge in [0.15, 0.2) is 0 Å². The lowest BCUT2D eigenvalue weighted by atomic mass is 10.1. The third-order valence-corrected chi connectivity index (χ3v) is 6.95. The summed E-state index contributed by atoms with van der Waals surface area (Å²) in [6.07, 6.45) is 3.84. The number of benzene rings is 2. The summed E-state index contributed by atoms with van der Waals surface area (Å²) >= 11 is 5.86. The second-order valence-electron chi connectivity index (χ2n) is 6.78. The SMILES string of the molecule is O=C(NCCN(c1ccc(F)cc1)S(=O)(=O)c1ccc(Cl)cc1)C1CCCC1. The topological polar surface area (TPSA) is 66.5 Å². The number of nitrogens with zero attached hydrogens (tertiary/aromatic N) is 1. The molecule has 0 atom stereocenters. The van der Waals surface area contributed by atoms with Crippen LogP contribution in [0.5, 0.6) is 0 Å². The number of sulfonamides is 1. The van der Waals surface area contributed by atoms with E-state index in [2.05, 4.69) is 5.32 Å². The molecule has 2 aromatic carbocycles. The minimum absolute atomic E-state index is 0.00661. The van der Waals surface area contributed by atoms with Gasteiger partial charge in [-0.15, -0.1) is 0 Å². The van der Waals surface area contributed by atoms with Crippen molar-refractivity contribution in [3.63, 3.8) is 0 Å². The Kier molecular flexibility index (Phi) is 6.57. The van der Waals surface area contributed by atoms with Gasteiger partial charge in [0.25, 0.3) is 10.0 Å². The van der Waals surface area contributed by atoms with Crippen LogP contribution in [-0.2, 0) is 14.8 Å². The fourth-order valence-corrected chi connectivity index (χ4v) is 4.93. The fraction of sp³-hybridized carbons (Fsp3) is 0.350. The molecule has 1 amide bonds. The Morgan fingerprint density at radius 1 is 1.07 bits per heavy atom. The van der Waals surface area contributed by atoms with E-state index in [0.717, 1.165) is 25.7 Å². The first-order chi connectivity index (χ1) is 13.4. The Labute approximate surface area is 169 Å². The van der Waals surface area contributed by atoms with Gasteiger partial charge in [-0.1, -0.05) is 24.4 Å². The molecule has 0 heterocycles. The third-order valence-electron chi connectivity index (χ3n) is 4.86. The van der Waals surface area contributed by atoms with E-state index in [1.807, 2.05) is 0 Å². The zero-order chi connectivity index (χ0) is 20.1.